The van der Waals surface area contributed by atoms with Gasteiger partial charge in [0.1, 0.15) is 0 Å². The number of hydrogen-bond donors (Lipinski definition) is 1. The summed E-state index contributed by atoms with van der Waals surface area (Å²) in [4.78, 5) is 8.34. The summed E-state index contributed by atoms with van der Waals surface area (Å²) < 4.78 is 0. The van der Waals surface area contributed by atoms with Gasteiger partial charge in [0.25, 0.3) is 0 Å². The first-order chi connectivity index (χ1) is 9.59. The molecule has 0 bridgehead atoms. The van der Waals surface area contributed by atoms with Gasteiger partial charge in [0.2, 0.25) is 0 Å². The normalized spacial score (nSPS) is 19.6. The van der Waals surface area contributed by atoms with E-state index >= 15 is 0 Å². The summed E-state index contributed by atoms with van der Waals surface area (Å²) in [6.45, 7) is 11.3. The van der Waals surface area contributed by atoms with Crippen LogP contribution in [0.5, 0.6) is 0 Å². The highest BCUT2D eigenvalue weighted by molar-refractivity contribution is 7.15. The molecule has 1 aliphatic rings. The molecule has 3 nitrogen and oxygen atoms in total. The summed E-state index contributed by atoms with van der Waals surface area (Å²) in [5.41, 5.74) is 1.59. The second kappa shape index (κ2) is 6.44. The summed E-state index contributed by atoms with van der Waals surface area (Å²) in [6.07, 6.45) is 4.84. The van der Waals surface area contributed by atoms with Gasteiger partial charge in [-0.05, 0) is 37.0 Å². The van der Waals surface area contributed by atoms with Crippen LogP contribution in [-0.2, 0) is 6.61 Å². The lowest BCUT2D eigenvalue weighted by Gasteiger charge is -2.26. The van der Waals surface area contributed by atoms with Gasteiger partial charge in [-0.25, -0.2) is 4.98 Å². The van der Waals surface area contributed by atoms with Crippen LogP contribution in [0.4, 0.5) is 5.13 Å². The minimum absolute atomic E-state index is 0.123. The van der Waals surface area contributed by atoms with Crippen molar-refractivity contribution in [3.05, 3.63) is 10.6 Å². The van der Waals surface area contributed by atoms with Crippen LogP contribution in [0.3, 0.4) is 0 Å². The Labute approximate surface area is 127 Å². The Hall–Kier alpha value is -0.610. The zero-order valence-electron chi connectivity index (χ0n) is 13.3. The standard InChI is InChI=1S/C16H28N2OS/c1-5-12(4)14-13(10-19)20-15(17-14)18-9-8-16(6-2,7-3)11-18/h12,19H,5-11H2,1-4H3. The molecule has 1 saturated heterocycles. The van der Waals surface area contributed by atoms with Gasteiger partial charge in [-0.15, -0.1) is 0 Å². The average Bonchev–Trinajstić information content (AvgIpc) is 3.10. The summed E-state index contributed by atoms with van der Waals surface area (Å²) in [5, 5.41) is 10.7. The molecule has 0 spiro atoms. The molecular weight excluding hydrogens is 268 g/mol. The number of rotatable bonds is 6. The highest BCUT2D eigenvalue weighted by atomic mass is 32.1. The van der Waals surface area contributed by atoms with Crippen molar-refractivity contribution in [1.29, 1.82) is 0 Å². The molecule has 20 heavy (non-hydrogen) atoms. The number of nitrogens with zero attached hydrogens (tertiary/aromatic N) is 2. The molecule has 2 rings (SSSR count). The Morgan fingerprint density at radius 3 is 2.55 bits per heavy atom. The third kappa shape index (κ3) is 2.86. The van der Waals surface area contributed by atoms with Gasteiger partial charge in [-0.2, -0.15) is 0 Å². The van der Waals surface area contributed by atoms with Crippen molar-refractivity contribution in [3.63, 3.8) is 0 Å². The number of hydrogen-bond acceptors (Lipinski definition) is 4. The van der Waals surface area contributed by atoms with Gasteiger partial charge in [0.05, 0.1) is 17.2 Å². The highest BCUT2D eigenvalue weighted by Gasteiger charge is 2.36. The fourth-order valence-electron chi connectivity index (χ4n) is 3.10. The molecule has 0 saturated carbocycles. The molecule has 114 valence electrons. The fourth-order valence-corrected chi connectivity index (χ4v) is 4.17. The van der Waals surface area contributed by atoms with Crippen LogP contribution in [0.25, 0.3) is 0 Å². The quantitative estimate of drug-likeness (QED) is 0.856. The molecule has 0 aliphatic carbocycles. The number of aliphatic hydroxyl groups is 1. The van der Waals surface area contributed by atoms with Gasteiger partial charge in [-0.3, -0.25) is 0 Å². The maximum atomic E-state index is 9.57. The molecular formula is C16H28N2OS. The van der Waals surface area contributed by atoms with Crippen molar-refractivity contribution >= 4 is 16.5 Å². The molecule has 1 aliphatic heterocycles. The van der Waals surface area contributed by atoms with E-state index in [0.717, 1.165) is 35.2 Å². The Balaban J connectivity index is 2.20. The van der Waals surface area contributed by atoms with Gasteiger partial charge in [-0.1, -0.05) is 39.0 Å². The van der Waals surface area contributed by atoms with Crippen molar-refractivity contribution in [1.82, 2.24) is 4.98 Å². The topological polar surface area (TPSA) is 36.4 Å². The third-order valence-electron chi connectivity index (χ3n) is 5.15. The Morgan fingerprint density at radius 1 is 1.35 bits per heavy atom. The minimum atomic E-state index is 0.123. The van der Waals surface area contributed by atoms with E-state index in [0.29, 0.717) is 11.3 Å². The van der Waals surface area contributed by atoms with E-state index in [9.17, 15) is 5.11 Å². The molecule has 1 fully saturated rings. The Bertz CT molecular complexity index is 440. The van der Waals surface area contributed by atoms with E-state index in [4.69, 9.17) is 4.98 Å². The van der Waals surface area contributed by atoms with Crippen LogP contribution in [-0.4, -0.2) is 23.2 Å². The molecule has 1 aromatic heterocycles. The first-order valence-electron chi connectivity index (χ1n) is 7.94. The van der Waals surface area contributed by atoms with Gasteiger partial charge in [0.15, 0.2) is 5.13 Å². The van der Waals surface area contributed by atoms with E-state index in [1.807, 2.05) is 0 Å². The minimum Gasteiger partial charge on any atom is -0.391 e. The van der Waals surface area contributed by atoms with E-state index in [1.54, 1.807) is 11.3 Å². The zero-order chi connectivity index (χ0) is 14.8. The van der Waals surface area contributed by atoms with Crippen molar-refractivity contribution in [3.8, 4) is 0 Å². The smallest absolute Gasteiger partial charge is 0.185 e. The number of thiazole rings is 1. The maximum absolute atomic E-state index is 9.57. The molecule has 0 radical (unpaired) electrons. The van der Waals surface area contributed by atoms with Crippen molar-refractivity contribution in [2.24, 2.45) is 5.41 Å². The lowest BCUT2D eigenvalue weighted by molar-refractivity contribution is 0.283. The van der Waals surface area contributed by atoms with E-state index in [1.165, 1.54) is 19.3 Å². The molecule has 0 aromatic carbocycles. The van der Waals surface area contributed by atoms with Crippen molar-refractivity contribution in [2.45, 2.75) is 65.9 Å². The fraction of sp³-hybridized carbons (Fsp3) is 0.812. The first kappa shape index (κ1) is 15.8. The van der Waals surface area contributed by atoms with Gasteiger partial charge in [0, 0.05) is 13.1 Å². The van der Waals surface area contributed by atoms with Crippen LogP contribution in [0, 0.1) is 5.41 Å². The van der Waals surface area contributed by atoms with Crippen molar-refractivity contribution < 1.29 is 5.11 Å². The monoisotopic (exact) mass is 296 g/mol. The SMILES string of the molecule is CCC(C)c1nc(N2CCC(CC)(CC)C2)sc1CO. The summed E-state index contributed by atoms with van der Waals surface area (Å²) in [5.74, 6) is 0.437. The second-order valence-corrected chi connectivity index (χ2v) is 7.21. The lowest BCUT2D eigenvalue weighted by atomic mass is 9.82. The van der Waals surface area contributed by atoms with E-state index in [-0.39, 0.29) is 6.61 Å². The van der Waals surface area contributed by atoms with Crippen LogP contribution >= 0.6 is 11.3 Å². The third-order valence-corrected chi connectivity index (χ3v) is 6.26. The van der Waals surface area contributed by atoms with E-state index < -0.39 is 0 Å². The number of anilines is 1. The largest absolute Gasteiger partial charge is 0.391 e. The molecule has 2 heterocycles. The molecule has 1 atom stereocenters. The first-order valence-corrected chi connectivity index (χ1v) is 8.76. The Morgan fingerprint density at radius 2 is 2.05 bits per heavy atom. The zero-order valence-corrected chi connectivity index (χ0v) is 14.1. The summed E-state index contributed by atoms with van der Waals surface area (Å²) in [7, 11) is 0. The molecule has 1 unspecified atom stereocenters. The predicted octanol–water partition coefficient (Wildman–Crippen LogP) is 4.17. The molecule has 0 amide bonds. The summed E-state index contributed by atoms with van der Waals surface area (Å²) >= 11 is 1.69. The molecule has 1 aromatic rings. The Kier molecular flexibility index (Phi) is 5.08. The van der Waals surface area contributed by atoms with Crippen LogP contribution in [0.15, 0.2) is 0 Å². The summed E-state index contributed by atoms with van der Waals surface area (Å²) in [6, 6.07) is 0. The van der Waals surface area contributed by atoms with Crippen LogP contribution < -0.4 is 4.90 Å². The highest BCUT2D eigenvalue weighted by Crippen LogP contribution is 2.41. The van der Waals surface area contributed by atoms with Crippen LogP contribution in [0.2, 0.25) is 0 Å². The van der Waals surface area contributed by atoms with Gasteiger partial charge >= 0.3 is 0 Å². The van der Waals surface area contributed by atoms with Crippen molar-refractivity contribution in [2.75, 3.05) is 18.0 Å². The van der Waals surface area contributed by atoms with Gasteiger partial charge < -0.3 is 10.0 Å². The number of aromatic nitrogens is 1. The maximum Gasteiger partial charge on any atom is 0.185 e. The number of aliphatic hydroxyl groups excluding tert-OH is 1. The van der Waals surface area contributed by atoms with E-state index in [2.05, 4.69) is 32.6 Å². The van der Waals surface area contributed by atoms with Crippen LogP contribution in [0.1, 0.15) is 69.9 Å². The molecule has 4 heteroatoms. The lowest BCUT2D eigenvalue weighted by Crippen LogP contribution is -2.26. The second-order valence-electron chi connectivity index (χ2n) is 6.15. The predicted molar refractivity (Wildman–Crippen MR) is 86.6 cm³/mol. The average molecular weight is 296 g/mol. The molecule has 1 N–H and O–H groups in total.